The molecule has 138 valence electrons. The molecule has 1 fully saturated rings. The molecule has 0 atom stereocenters. The average molecular weight is 359 g/mol. The SMILES string of the molecule is Cc1ccc(CCN2CC(CNC(=O)c3ccc4ccncc4c3)C2)cc1. The summed E-state index contributed by atoms with van der Waals surface area (Å²) in [5.41, 5.74) is 3.40. The van der Waals surface area contributed by atoms with Crippen LogP contribution in [0.15, 0.2) is 60.9 Å². The third-order valence-corrected chi connectivity index (χ3v) is 5.32. The Balaban J connectivity index is 1.21. The van der Waals surface area contributed by atoms with Gasteiger partial charge >= 0.3 is 0 Å². The van der Waals surface area contributed by atoms with Gasteiger partial charge in [-0.3, -0.25) is 9.78 Å². The van der Waals surface area contributed by atoms with Crippen LogP contribution in [0.2, 0.25) is 0 Å². The summed E-state index contributed by atoms with van der Waals surface area (Å²) in [6.07, 6.45) is 4.65. The third-order valence-electron chi connectivity index (χ3n) is 5.32. The zero-order chi connectivity index (χ0) is 18.6. The second-order valence-electron chi connectivity index (χ2n) is 7.51. The summed E-state index contributed by atoms with van der Waals surface area (Å²) in [6, 6.07) is 16.5. The van der Waals surface area contributed by atoms with Crippen molar-refractivity contribution in [3.05, 3.63) is 77.6 Å². The van der Waals surface area contributed by atoms with Crippen LogP contribution in [-0.4, -0.2) is 42.0 Å². The summed E-state index contributed by atoms with van der Waals surface area (Å²) in [5, 5.41) is 5.18. The number of hydrogen-bond acceptors (Lipinski definition) is 3. The summed E-state index contributed by atoms with van der Waals surface area (Å²) >= 11 is 0. The fourth-order valence-electron chi connectivity index (χ4n) is 3.60. The average Bonchev–Trinajstić information content (AvgIpc) is 2.67. The molecule has 0 unspecified atom stereocenters. The first-order valence-corrected chi connectivity index (χ1v) is 9.57. The van der Waals surface area contributed by atoms with Crippen molar-refractivity contribution >= 4 is 16.7 Å². The van der Waals surface area contributed by atoms with E-state index in [1.807, 2.05) is 24.3 Å². The summed E-state index contributed by atoms with van der Waals surface area (Å²) in [4.78, 5) is 19.0. The number of carbonyl (C=O) groups excluding carboxylic acids is 1. The number of nitrogens with one attached hydrogen (secondary N) is 1. The lowest BCUT2D eigenvalue weighted by molar-refractivity contribution is 0.0839. The number of nitrogens with zero attached hydrogens (tertiary/aromatic N) is 2. The molecule has 0 saturated carbocycles. The summed E-state index contributed by atoms with van der Waals surface area (Å²) in [5.74, 6) is 0.549. The van der Waals surface area contributed by atoms with Crippen LogP contribution in [0.5, 0.6) is 0 Å². The first-order chi connectivity index (χ1) is 13.2. The van der Waals surface area contributed by atoms with Crippen molar-refractivity contribution in [1.29, 1.82) is 0 Å². The van der Waals surface area contributed by atoms with Crippen LogP contribution in [0.3, 0.4) is 0 Å². The number of rotatable bonds is 6. The smallest absolute Gasteiger partial charge is 0.251 e. The molecule has 0 bridgehead atoms. The lowest BCUT2D eigenvalue weighted by Crippen LogP contribution is -2.51. The van der Waals surface area contributed by atoms with Crippen molar-refractivity contribution in [1.82, 2.24) is 15.2 Å². The van der Waals surface area contributed by atoms with Crippen molar-refractivity contribution < 1.29 is 4.79 Å². The van der Waals surface area contributed by atoms with Crippen LogP contribution < -0.4 is 5.32 Å². The largest absolute Gasteiger partial charge is 0.352 e. The van der Waals surface area contributed by atoms with Gasteiger partial charge in [0.05, 0.1) is 0 Å². The number of fused-ring (bicyclic) bond motifs is 1. The molecule has 0 radical (unpaired) electrons. The first kappa shape index (κ1) is 17.7. The molecule has 1 N–H and O–H groups in total. The highest BCUT2D eigenvalue weighted by Gasteiger charge is 2.26. The fourth-order valence-corrected chi connectivity index (χ4v) is 3.60. The molecule has 0 aliphatic carbocycles. The zero-order valence-electron chi connectivity index (χ0n) is 15.7. The van der Waals surface area contributed by atoms with Crippen LogP contribution in [0, 0.1) is 12.8 Å². The Morgan fingerprint density at radius 2 is 1.93 bits per heavy atom. The maximum Gasteiger partial charge on any atom is 0.251 e. The predicted octanol–water partition coefficient (Wildman–Crippen LogP) is 3.45. The van der Waals surface area contributed by atoms with Crippen LogP contribution in [0.4, 0.5) is 0 Å². The lowest BCUT2D eigenvalue weighted by atomic mass is 9.99. The zero-order valence-corrected chi connectivity index (χ0v) is 15.7. The van der Waals surface area contributed by atoms with Gasteiger partial charge in [-0.25, -0.2) is 0 Å². The number of aryl methyl sites for hydroxylation is 1. The first-order valence-electron chi connectivity index (χ1n) is 9.57. The Morgan fingerprint density at radius 1 is 1.11 bits per heavy atom. The standard InChI is InChI=1S/C23H25N3O/c1-17-2-4-18(5-3-17)9-11-26-15-19(16-26)13-25-23(27)21-7-6-20-8-10-24-14-22(20)12-21/h2-8,10,12,14,19H,9,11,13,15-16H2,1H3,(H,25,27). The number of pyridine rings is 1. The second-order valence-corrected chi connectivity index (χ2v) is 7.51. The van der Waals surface area contributed by atoms with E-state index in [1.165, 1.54) is 11.1 Å². The Bertz CT molecular complexity index is 930. The Morgan fingerprint density at radius 3 is 2.74 bits per heavy atom. The number of aromatic nitrogens is 1. The van der Waals surface area contributed by atoms with E-state index in [9.17, 15) is 4.79 Å². The van der Waals surface area contributed by atoms with Crippen LogP contribution in [-0.2, 0) is 6.42 Å². The predicted molar refractivity (Wildman–Crippen MR) is 109 cm³/mol. The van der Waals surface area contributed by atoms with Gasteiger partial charge in [0.15, 0.2) is 0 Å². The maximum atomic E-state index is 12.4. The molecule has 0 spiro atoms. The summed E-state index contributed by atoms with van der Waals surface area (Å²) < 4.78 is 0. The van der Waals surface area contributed by atoms with Gasteiger partial charge in [0.1, 0.15) is 0 Å². The minimum absolute atomic E-state index is 0.00106. The number of amides is 1. The van der Waals surface area contributed by atoms with E-state index in [2.05, 4.69) is 46.4 Å². The molecule has 27 heavy (non-hydrogen) atoms. The van der Waals surface area contributed by atoms with Gasteiger partial charge < -0.3 is 10.2 Å². The summed E-state index contributed by atoms with van der Waals surface area (Å²) in [7, 11) is 0. The van der Waals surface area contributed by atoms with Crippen molar-refractivity contribution in [2.75, 3.05) is 26.2 Å². The molecule has 2 heterocycles. The molecule has 3 aromatic rings. The highest BCUT2D eigenvalue weighted by atomic mass is 16.1. The minimum Gasteiger partial charge on any atom is -0.352 e. The van der Waals surface area contributed by atoms with E-state index in [0.29, 0.717) is 11.5 Å². The fraction of sp³-hybridized carbons (Fsp3) is 0.304. The van der Waals surface area contributed by atoms with E-state index in [4.69, 9.17) is 0 Å². The third kappa shape index (κ3) is 4.34. The van der Waals surface area contributed by atoms with Crippen molar-refractivity contribution in [2.45, 2.75) is 13.3 Å². The van der Waals surface area contributed by atoms with E-state index >= 15 is 0 Å². The molecule has 1 aromatic heterocycles. The molecular weight excluding hydrogens is 334 g/mol. The van der Waals surface area contributed by atoms with Crippen molar-refractivity contribution in [3.63, 3.8) is 0 Å². The number of hydrogen-bond donors (Lipinski definition) is 1. The summed E-state index contributed by atoms with van der Waals surface area (Å²) in [6.45, 7) is 6.07. The number of carbonyl (C=O) groups is 1. The van der Waals surface area contributed by atoms with Crippen LogP contribution in [0.1, 0.15) is 21.5 Å². The quantitative estimate of drug-likeness (QED) is 0.733. The van der Waals surface area contributed by atoms with E-state index in [-0.39, 0.29) is 5.91 Å². The molecular formula is C23H25N3O. The van der Waals surface area contributed by atoms with Crippen LogP contribution in [0.25, 0.3) is 10.8 Å². The monoisotopic (exact) mass is 359 g/mol. The normalized spacial score (nSPS) is 14.9. The Labute approximate surface area is 160 Å². The van der Waals surface area contributed by atoms with Crippen molar-refractivity contribution in [2.24, 2.45) is 5.92 Å². The molecule has 1 aliphatic rings. The molecule has 1 amide bonds. The molecule has 4 heteroatoms. The van der Waals surface area contributed by atoms with Gasteiger partial charge in [-0.2, -0.15) is 0 Å². The van der Waals surface area contributed by atoms with Gasteiger partial charge in [0.25, 0.3) is 5.91 Å². The maximum absolute atomic E-state index is 12.4. The second kappa shape index (κ2) is 7.89. The Kier molecular flexibility index (Phi) is 5.16. The van der Waals surface area contributed by atoms with Gasteiger partial charge in [-0.05, 0) is 42.5 Å². The van der Waals surface area contributed by atoms with Gasteiger partial charge in [-0.15, -0.1) is 0 Å². The number of likely N-dealkylation sites (tertiary alicyclic amines) is 1. The van der Waals surface area contributed by atoms with Crippen molar-refractivity contribution in [3.8, 4) is 0 Å². The van der Waals surface area contributed by atoms with E-state index in [1.54, 1.807) is 12.4 Å². The number of benzene rings is 2. The molecule has 1 saturated heterocycles. The van der Waals surface area contributed by atoms with Gasteiger partial charge in [-0.1, -0.05) is 35.9 Å². The molecule has 2 aromatic carbocycles. The molecule has 4 rings (SSSR count). The van der Waals surface area contributed by atoms with Crippen LogP contribution >= 0.6 is 0 Å². The highest BCUT2D eigenvalue weighted by molar-refractivity contribution is 5.98. The highest BCUT2D eigenvalue weighted by Crippen LogP contribution is 2.17. The van der Waals surface area contributed by atoms with Gasteiger partial charge in [0, 0.05) is 55.4 Å². The topological polar surface area (TPSA) is 45.2 Å². The minimum atomic E-state index is -0.00106. The lowest BCUT2D eigenvalue weighted by Gasteiger charge is -2.39. The molecule has 1 aliphatic heterocycles. The Hall–Kier alpha value is -2.72. The van der Waals surface area contributed by atoms with E-state index < -0.39 is 0 Å². The van der Waals surface area contributed by atoms with Gasteiger partial charge in [0.2, 0.25) is 0 Å². The molecule has 4 nitrogen and oxygen atoms in total. The van der Waals surface area contributed by atoms with E-state index in [0.717, 1.165) is 43.4 Å².